The van der Waals surface area contributed by atoms with E-state index in [0.29, 0.717) is 12.2 Å². The minimum Gasteiger partial charge on any atom is -0.326 e. The summed E-state index contributed by atoms with van der Waals surface area (Å²) < 4.78 is 0. The van der Waals surface area contributed by atoms with Gasteiger partial charge in [-0.15, -0.1) is 0 Å². The highest BCUT2D eigenvalue weighted by molar-refractivity contribution is 7.80. The number of carbonyl (C=O) groups excluding carboxylic acids is 1. The number of nitrogens with one attached hydrogen (secondary N) is 1. The van der Waals surface area contributed by atoms with E-state index in [0.717, 1.165) is 17.8 Å². The number of benzene rings is 1. The van der Waals surface area contributed by atoms with Crippen LogP contribution in [0.4, 0.5) is 5.69 Å². The molecule has 1 aromatic carbocycles. The summed E-state index contributed by atoms with van der Waals surface area (Å²) in [6.45, 7) is 2.87. The van der Waals surface area contributed by atoms with E-state index in [2.05, 4.69) is 28.9 Å². The molecule has 94 valence electrons. The lowest BCUT2D eigenvalue weighted by molar-refractivity contribution is -0.115. The Labute approximate surface area is 109 Å². The number of hydrogen-bond donors (Lipinski definition) is 2. The van der Waals surface area contributed by atoms with Crippen molar-refractivity contribution < 1.29 is 4.79 Å². The molecule has 3 nitrogen and oxygen atoms in total. The molecule has 0 aliphatic heterocycles. The Hall–Kier alpha value is -1.000. The van der Waals surface area contributed by atoms with Crippen LogP contribution in [0.15, 0.2) is 18.2 Å². The molecular weight excluding hydrogens is 232 g/mol. The van der Waals surface area contributed by atoms with Crippen LogP contribution in [0.2, 0.25) is 0 Å². The predicted octanol–water partition coefficient (Wildman–Crippen LogP) is 2.32. The van der Waals surface area contributed by atoms with Crippen LogP contribution in [-0.4, -0.2) is 30.7 Å². The van der Waals surface area contributed by atoms with Crippen molar-refractivity contribution in [3.63, 3.8) is 0 Å². The van der Waals surface area contributed by atoms with E-state index < -0.39 is 0 Å². The zero-order chi connectivity index (χ0) is 12.8. The first-order valence-electron chi connectivity index (χ1n) is 5.68. The van der Waals surface area contributed by atoms with Crippen LogP contribution in [0.1, 0.15) is 17.5 Å². The van der Waals surface area contributed by atoms with Gasteiger partial charge in [0.15, 0.2) is 0 Å². The lowest BCUT2D eigenvalue weighted by Crippen LogP contribution is -2.14. The highest BCUT2D eigenvalue weighted by Gasteiger charge is 2.05. The van der Waals surface area contributed by atoms with Gasteiger partial charge in [-0.3, -0.25) is 4.79 Å². The second-order valence-electron chi connectivity index (χ2n) is 4.41. The third kappa shape index (κ3) is 4.79. The number of hydrogen-bond acceptors (Lipinski definition) is 3. The molecule has 4 heteroatoms. The lowest BCUT2D eigenvalue weighted by atomic mass is 10.1. The second-order valence-corrected chi connectivity index (χ2v) is 4.86. The van der Waals surface area contributed by atoms with Crippen molar-refractivity contribution in [2.24, 2.45) is 0 Å². The van der Waals surface area contributed by atoms with E-state index in [4.69, 9.17) is 0 Å². The van der Waals surface area contributed by atoms with Crippen LogP contribution < -0.4 is 5.32 Å². The smallest absolute Gasteiger partial charge is 0.225 e. The first kappa shape index (κ1) is 14.1. The van der Waals surface area contributed by atoms with Crippen LogP contribution in [0.3, 0.4) is 0 Å². The van der Waals surface area contributed by atoms with Gasteiger partial charge in [-0.2, -0.15) is 12.6 Å². The summed E-state index contributed by atoms with van der Waals surface area (Å²) in [5.41, 5.74) is 3.18. The van der Waals surface area contributed by atoms with E-state index in [9.17, 15) is 4.79 Å². The number of carbonyl (C=O) groups is 1. The van der Waals surface area contributed by atoms with E-state index >= 15 is 0 Å². The fourth-order valence-electron chi connectivity index (χ4n) is 1.58. The van der Waals surface area contributed by atoms with Gasteiger partial charge in [-0.1, -0.05) is 12.1 Å². The molecule has 0 heterocycles. The van der Waals surface area contributed by atoms with Gasteiger partial charge in [0, 0.05) is 18.7 Å². The van der Waals surface area contributed by atoms with Crippen molar-refractivity contribution in [1.29, 1.82) is 0 Å². The fraction of sp³-hybridized carbons (Fsp3) is 0.462. The third-order valence-electron chi connectivity index (χ3n) is 2.41. The Balaban J connectivity index is 2.79. The molecule has 0 fully saturated rings. The number of aryl methyl sites for hydroxylation is 1. The van der Waals surface area contributed by atoms with Crippen LogP contribution in [-0.2, 0) is 11.3 Å². The summed E-state index contributed by atoms with van der Waals surface area (Å²) in [5.74, 6) is 0.590. The fourth-order valence-corrected chi connectivity index (χ4v) is 1.78. The largest absolute Gasteiger partial charge is 0.326 e. The monoisotopic (exact) mass is 252 g/mol. The first-order chi connectivity index (χ1) is 8.02. The molecule has 0 saturated carbocycles. The predicted molar refractivity (Wildman–Crippen MR) is 75.7 cm³/mol. The molecular formula is C13H20N2OS. The van der Waals surface area contributed by atoms with Crippen molar-refractivity contribution in [3.05, 3.63) is 29.3 Å². The standard InChI is InChI=1S/C13H20N2OS/c1-10-4-5-11(9-15(2)3)8-12(10)14-13(16)6-7-17/h4-5,8,17H,6-7,9H2,1-3H3,(H,14,16). The molecule has 0 aromatic heterocycles. The van der Waals surface area contributed by atoms with E-state index in [-0.39, 0.29) is 5.91 Å². The minimum absolute atomic E-state index is 0.0186. The summed E-state index contributed by atoms with van der Waals surface area (Å²) in [5, 5.41) is 2.92. The van der Waals surface area contributed by atoms with Gasteiger partial charge in [0.05, 0.1) is 0 Å². The van der Waals surface area contributed by atoms with E-state index in [1.165, 1.54) is 5.56 Å². The van der Waals surface area contributed by atoms with E-state index in [1.54, 1.807) is 0 Å². The van der Waals surface area contributed by atoms with Gasteiger partial charge in [-0.25, -0.2) is 0 Å². The second kappa shape index (κ2) is 6.67. The molecule has 0 unspecified atom stereocenters. The normalized spacial score (nSPS) is 10.6. The highest BCUT2D eigenvalue weighted by Crippen LogP contribution is 2.18. The summed E-state index contributed by atoms with van der Waals surface area (Å²) in [6, 6.07) is 6.16. The van der Waals surface area contributed by atoms with Gasteiger partial charge in [0.2, 0.25) is 5.91 Å². The van der Waals surface area contributed by atoms with Crippen molar-refractivity contribution in [2.75, 3.05) is 25.2 Å². The Bertz CT molecular complexity index is 391. The maximum Gasteiger partial charge on any atom is 0.225 e. The zero-order valence-electron chi connectivity index (χ0n) is 10.7. The van der Waals surface area contributed by atoms with Gasteiger partial charge in [-0.05, 0) is 44.0 Å². The van der Waals surface area contributed by atoms with Crippen molar-refractivity contribution in [3.8, 4) is 0 Å². The van der Waals surface area contributed by atoms with Gasteiger partial charge in [0.1, 0.15) is 0 Å². The lowest BCUT2D eigenvalue weighted by Gasteiger charge is -2.13. The number of thiol groups is 1. The van der Waals surface area contributed by atoms with Crippen molar-refractivity contribution in [1.82, 2.24) is 4.90 Å². The Morgan fingerprint density at radius 3 is 2.71 bits per heavy atom. The van der Waals surface area contributed by atoms with Crippen LogP contribution in [0, 0.1) is 6.92 Å². The maximum absolute atomic E-state index is 11.5. The number of rotatable bonds is 5. The highest BCUT2D eigenvalue weighted by atomic mass is 32.1. The molecule has 0 spiro atoms. The molecule has 0 bridgehead atoms. The Morgan fingerprint density at radius 2 is 2.12 bits per heavy atom. The molecule has 0 aliphatic rings. The zero-order valence-corrected chi connectivity index (χ0v) is 11.6. The summed E-state index contributed by atoms with van der Waals surface area (Å²) in [4.78, 5) is 13.6. The molecule has 1 aromatic rings. The topological polar surface area (TPSA) is 32.3 Å². The number of nitrogens with zero attached hydrogens (tertiary/aromatic N) is 1. The van der Waals surface area contributed by atoms with Crippen molar-refractivity contribution in [2.45, 2.75) is 19.9 Å². The molecule has 0 aliphatic carbocycles. The summed E-state index contributed by atoms with van der Waals surface area (Å²) in [6.07, 6.45) is 0.445. The van der Waals surface area contributed by atoms with E-state index in [1.807, 2.05) is 33.2 Å². The SMILES string of the molecule is Cc1ccc(CN(C)C)cc1NC(=O)CCS. The number of anilines is 1. The minimum atomic E-state index is 0.0186. The van der Waals surface area contributed by atoms with Gasteiger partial charge in [0.25, 0.3) is 0 Å². The third-order valence-corrected chi connectivity index (χ3v) is 2.64. The molecule has 1 N–H and O–H groups in total. The number of amides is 1. The van der Waals surface area contributed by atoms with Crippen molar-refractivity contribution >= 4 is 24.2 Å². The molecule has 0 saturated heterocycles. The Morgan fingerprint density at radius 1 is 1.41 bits per heavy atom. The Kier molecular flexibility index (Phi) is 5.51. The molecule has 17 heavy (non-hydrogen) atoms. The average molecular weight is 252 g/mol. The van der Waals surface area contributed by atoms with Gasteiger partial charge < -0.3 is 10.2 Å². The van der Waals surface area contributed by atoms with Crippen LogP contribution in [0.5, 0.6) is 0 Å². The summed E-state index contributed by atoms with van der Waals surface area (Å²) >= 11 is 4.05. The molecule has 0 atom stereocenters. The molecule has 1 amide bonds. The quantitative estimate of drug-likeness (QED) is 0.788. The average Bonchev–Trinajstić information content (AvgIpc) is 2.22. The van der Waals surface area contributed by atoms with Crippen LogP contribution in [0.25, 0.3) is 0 Å². The maximum atomic E-state index is 11.5. The van der Waals surface area contributed by atoms with Crippen LogP contribution >= 0.6 is 12.6 Å². The molecule has 1 rings (SSSR count). The first-order valence-corrected chi connectivity index (χ1v) is 6.31. The summed E-state index contributed by atoms with van der Waals surface area (Å²) in [7, 11) is 4.05. The molecule has 0 radical (unpaired) electrons. The van der Waals surface area contributed by atoms with Gasteiger partial charge >= 0.3 is 0 Å².